The summed E-state index contributed by atoms with van der Waals surface area (Å²) in [5, 5.41) is 0. The Bertz CT molecular complexity index is 721. The van der Waals surface area contributed by atoms with Gasteiger partial charge in [-0.15, -0.1) is 0 Å². The van der Waals surface area contributed by atoms with Gasteiger partial charge in [-0.1, -0.05) is 25.0 Å². The van der Waals surface area contributed by atoms with Crippen LogP contribution in [0.4, 0.5) is 0 Å². The van der Waals surface area contributed by atoms with Crippen molar-refractivity contribution in [1.29, 1.82) is 0 Å². The van der Waals surface area contributed by atoms with Crippen LogP contribution in [0.5, 0.6) is 0 Å². The average Bonchev–Trinajstić information content (AvgIpc) is 3.02. The van der Waals surface area contributed by atoms with E-state index in [1.807, 2.05) is 0 Å². The molecule has 0 aromatic heterocycles. The molecule has 2 aliphatic heterocycles. The van der Waals surface area contributed by atoms with Crippen molar-refractivity contribution in [3.63, 3.8) is 0 Å². The number of carbonyl (C=O) groups is 1. The van der Waals surface area contributed by atoms with Gasteiger partial charge in [0.15, 0.2) is 6.29 Å². The van der Waals surface area contributed by atoms with Crippen molar-refractivity contribution in [1.82, 2.24) is 9.79 Å². The van der Waals surface area contributed by atoms with Gasteiger partial charge in [0.1, 0.15) is 0 Å². The first-order valence-corrected chi connectivity index (χ1v) is 11.6. The number of nitrogens with one attached hydrogen (secondary N) is 1. The minimum atomic E-state index is -3.43. The highest BCUT2D eigenvalue weighted by Crippen LogP contribution is 2.21. The van der Waals surface area contributed by atoms with E-state index in [4.69, 9.17) is 9.57 Å². The fraction of sp³-hybridized carbons (Fsp3) is 0.650. The topological polar surface area (TPSA) is 84.9 Å². The molecular formula is C20H30N2O5S. The number of benzene rings is 1. The minimum absolute atomic E-state index is 0.213. The van der Waals surface area contributed by atoms with E-state index in [1.54, 1.807) is 28.6 Å². The smallest absolute Gasteiger partial charge is 0.243 e. The summed E-state index contributed by atoms with van der Waals surface area (Å²) in [5.41, 5.74) is 3.36. The second-order valence-electron chi connectivity index (χ2n) is 7.40. The number of hydrogen-bond donors (Lipinski definition) is 1. The maximum atomic E-state index is 12.8. The quantitative estimate of drug-likeness (QED) is 0.699. The Morgan fingerprint density at radius 3 is 2.43 bits per heavy atom. The lowest BCUT2D eigenvalue weighted by Crippen LogP contribution is -2.33. The highest BCUT2D eigenvalue weighted by Gasteiger charge is 2.25. The van der Waals surface area contributed by atoms with Gasteiger partial charge in [0.2, 0.25) is 15.9 Å². The van der Waals surface area contributed by atoms with Gasteiger partial charge in [-0.3, -0.25) is 4.79 Å². The van der Waals surface area contributed by atoms with Crippen LogP contribution in [-0.4, -0.2) is 44.6 Å². The number of nitrogens with zero attached hydrogens (tertiary/aromatic N) is 1. The Morgan fingerprint density at radius 1 is 1.07 bits per heavy atom. The lowest BCUT2D eigenvalue weighted by molar-refractivity contribution is -0.200. The van der Waals surface area contributed by atoms with E-state index < -0.39 is 10.0 Å². The van der Waals surface area contributed by atoms with Crippen LogP contribution in [0.2, 0.25) is 0 Å². The standard InChI is InChI=1S/C20H30N2O5S/c23-19(21-27-20-7-3-6-16-26-20)13-10-17-8-11-18(12-9-17)28(24,25)22-14-4-1-2-5-15-22/h8-9,11-12,20H,1-7,10,13-16H2,(H,21,23). The molecule has 28 heavy (non-hydrogen) atoms. The van der Waals surface area contributed by atoms with Gasteiger partial charge in [0.25, 0.3) is 0 Å². The van der Waals surface area contributed by atoms with E-state index in [1.165, 1.54) is 0 Å². The molecule has 0 radical (unpaired) electrons. The van der Waals surface area contributed by atoms with Gasteiger partial charge in [-0.2, -0.15) is 4.31 Å². The summed E-state index contributed by atoms with van der Waals surface area (Å²) in [6.45, 7) is 1.84. The summed E-state index contributed by atoms with van der Waals surface area (Å²) in [6.07, 6.45) is 7.28. The van der Waals surface area contributed by atoms with Crippen molar-refractivity contribution in [2.24, 2.45) is 0 Å². The van der Waals surface area contributed by atoms with Crippen molar-refractivity contribution in [2.75, 3.05) is 19.7 Å². The summed E-state index contributed by atoms with van der Waals surface area (Å²) in [4.78, 5) is 17.5. The molecule has 0 spiro atoms. The molecule has 2 heterocycles. The van der Waals surface area contributed by atoms with E-state index in [0.717, 1.165) is 50.5 Å². The minimum Gasteiger partial charge on any atom is -0.350 e. The Hall–Kier alpha value is -1.48. The summed E-state index contributed by atoms with van der Waals surface area (Å²) in [6, 6.07) is 6.84. The zero-order valence-electron chi connectivity index (χ0n) is 16.3. The zero-order valence-corrected chi connectivity index (χ0v) is 17.1. The van der Waals surface area contributed by atoms with Crippen molar-refractivity contribution >= 4 is 15.9 Å². The highest BCUT2D eigenvalue weighted by molar-refractivity contribution is 7.89. The molecule has 2 fully saturated rings. The number of ether oxygens (including phenoxy) is 1. The second-order valence-corrected chi connectivity index (χ2v) is 9.34. The van der Waals surface area contributed by atoms with Gasteiger partial charge in [-0.25, -0.2) is 18.7 Å². The van der Waals surface area contributed by atoms with E-state index in [0.29, 0.717) is 31.0 Å². The maximum absolute atomic E-state index is 12.8. The van der Waals surface area contributed by atoms with E-state index in [9.17, 15) is 13.2 Å². The molecule has 7 nitrogen and oxygen atoms in total. The molecule has 0 bridgehead atoms. The van der Waals surface area contributed by atoms with Gasteiger partial charge in [0, 0.05) is 32.5 Å². The van der Waals surface area contributed by atoms with Gasteiger partial charge in [-0.05, 0) is 49.8 Å². The van der Waals surface area contributed by atoms with Crippen molar-refractivity contribution in [3.05, 3.63) is 29.8 Å². The molecule has 2 saturated heterocycles. The first-order valence-electron chi connectivity index (χ1n) is 10.2. The van der Waals surface area contributed by atoms with Crippen LogP contribution < -0.4 is 5.48 Å². The number of carbonyl (C=O) groups excluding carboxylic acids is 1. The van der Waals surface area contributed by atoms with Gasteiger partial charge < -0.3 is 4.74 Å². The predicted octanol–water partition coefficient (Wildman–Crippen LogP) is 2.76. The molecule has 1 N–H and O–H groups in total. The van der Waals surface area contributed by atoms with Crippen LogP contribution in [0.1, 0.15) is 56.9 Å². The second kappa shape index (κ2) is 10.3. The number of amides is 1. The Balaban J connectivity index is 1.47. The van der Waals surface area contributed by atoms with E-state index in [2.05, 4.69) is 5.48 Å². The lowest BCUT2D eigenvalue weighted by atomic mass is 10.1. The highest BCUT2D eigenvalue weighted by atomic mass is 32.2. The van der Waals surface area contributed by atoms with Crippen LogP contribution >= 0.6 is 0 Å². The van der Waals surface area contributed by atoms with Crippen LogP contribution in [-0.2, 0) is 30.8 Å². The Kier molecular flexibility index (Phi) is 7.84. The van der Waals surface area contributed by atoms with Crippen LogP contribution in [0.25, 0.3) is 0 Å². The fourth-order valence-electron chi connectivity index (χ4n) is 3.50. The van der Waals surface area contributed by atoms with Crippen LogP contribution in [0, 0.1) is 0 Å². The van der Waals surface area contributed by atoms with Crippen LogP contribution in [0.3, 0.4) is 0 Å². The summed E-state index contributed by atoms with van der Waals surface area (Å²) >= 11 is 0. The summed E-state index contributed by atoms with van der Waals surface area (Å²) < 4.78 is 32.6. The first kappa shape index (κ1) is 21.2. The van der Waals surface area contributed by atoms with Gasteiger partial charge in [0.05, 0.1) is 4.90 Å². The fourth-order valence-corrected chi connectivity index (χ4v) is 5.02. The van der Waals surface area contributed by atoms with Crippen LogP contribution in [0.15, 0.2) is 29.2 Å². The molecule has 1 aromatic carbocycles. The largest absolute Gasteiger partial charge is 0.350 e. The normalized spacial score (nSPS) is 21.8. The molecule has 1 unspecified atom stereocenters. The van der Waals surface area contributed by atoms with Gasteiger partial charge >= 0.3 is 0 Å². The predicted molar refractivity (Wildman–Crippen MR) is 105 cm³/mol. The van der Waals surface area contributed by atoms with E-state index >= 15 is 0 Å². The molecule has 156 valence electrons. The molecule has 8 heteroatoms. The Morgan fingerprint density at radius 2 is 1.79 bits per heavy atom. The Labute approximate surface area is 167 Å². The third kappa shape index (κ3) is 6.01. The molecule has 2 aliphatic rings. The van der Waals surface area contributed by atoms with Crippen molar-refractivity contribution < 1.29 is 22.8 Å². The molecule has 0 saturated carbocycles. The SMILES string of the molecule is O=C(CCc1ccc(S(=O)(=O)N2CCCCCC2)cc1)NOC1CCCCO1. The molecule has 1 atom stereocenters. The molecule has 3 rings (SSSR count). The molecule has 1 aromatic rings. The number of hydrogen-bond acceptors (Lipinski definition) is 5. The number of rotatable bonds is 7. The molecule has 1 amide bonds. The molecular weight excluding hydrogens is 380 g/mol. The summed E-state index contributed by atoms with van der Waals surface area (Å²) in [5.74, 6) is -0.213. The monoisotopic (exact) mass is 410 g/mol. The first-order chi connectivity index (χ1) is 13.6. The molecule has 0 aliphatic carbocycles. The summed E-state index contributed by atoms with van der Waals surface area (Å²) in [7, 11) is -3.43. The third-order valence-corrected chi connectivity index (χ3v) is 7.12. The maximum Gasteiger partial charge on any atom is 0.243 e. The number of sulfonamides is 1. The van der Waals surface area contributed by atoms with E-state index in [-0.39, 0.29) is 18.6 Å². The van der Waals surface area contributed by atoms with Crippen molar-refractivity contribution in [3.8, 4) is 0 Å². The van der Waals surface area contributed by atoms with Crippen molar-refractivity contribution in [2.45, 2.75) is 69.0 Å². The third-order valence-electron chi connectivity index (χ3n) is 5.21. The number of hydroxylamine groups is 1. The average molecular weight is 411 g/mol. The zero-order chi connectivity index (χ0) is 19.8. The lowest BCUT2D eigenvalue weighted by Gasteiger charge is -2.22. The number of aryl methyl sites for hydroxylation is 1.